The molecule has 0 saturated carbocycles. The molecule has 3 aromatic carbocycles. The van der Waals surface area contributed by atoms with Crippen molar-refractivity contribution < 1.29 is 17.9 Å². The van der Waals surface area contributed by atoms with Crippen LogP contribution in [0.2, 0.25) is 5.02 Å². The number of hydrogen-bond donors (Lipinski definition) is 0. The number of piperazine rings is 1. The lowest BCUT2D eigenvalue weighted by Gasteiger charge is -2.36. The average molecular weight is 514 g/mol. The van der Waals surface area contributed by atoms with Crippen LogP contribution in [0.1, 0.15) is 17.3 Å². The number of rotatable bonds is 7. The minimum Gasteiger partial charge on any atom is -0.495 e. The summed E-state index contributed by atoms with van der Waals surface area (Å²) in [6.45, 7) is 4.24. The van der Waals surface area contributed by atoms with Crippen LogP contribution in [0, 0.1) is 0 Å². The van der Waals surface area contributed by atoms with Gasteiger partial charge in [0.2, 0.25) is 0 Å². The Morgan fingerprint density at radius 2 is 1.63 bits per heavy atom. The molecule has 0 unspecified atom stereocenters. The summed E-state index contributed by atoms with van der Waals surface area (Å²) in [4.78, 5) is 17.3. The van der Waals surface area contributed by atoms with Gasteiger partial charge in [-0.1, -0.05) is 41.9 Å². The summed E-state index contributed by atoms with van der Waals surface area (Å²) >= 11 is 6.37. The maximum Gasteiger partial charge on any atom is 0.264 e. The van der Waals surface area contributed by atoms with Gasteiger partial charge in [-0.2, -0.15) is 0 Å². The molecule has 1 aliphatic heterocycles. The summed E-state index contributed by atoms with van der Waals surface area (Å²) in [5.74, 6) is 0.501. The second-order valence-electron chi connectivity index (χ2n) is 8.10. The molecule has 0 spiro atoms. The van der Waals surface area contributed by atoms with Crippen molar-refractivity contribution >= 4 is 38.9 Å². The van der Waals surface area contributed by atoms with Gasteiger partial charge in [-0.3, -0.25) is 9.10 Å². The van der Waals surface area contributed by atoms with Crippen LogP contribution in [-0.2, 0) is 10.0 Å². The first-order valence-electron chi connectivity index (χ1n) is 11.4. The van der Waals surface area contributed by atoms with Gasteiger partial charge in [0.05, 0.1) is 34.0 Å². The molecule has 1 aliphatic rings. The summed E-state index contributed by atoms with van der Waals surface area (Å²) in [5, 5.41) is 0.226. The van der Waals surface area contributed by atoms with Crippen LogP contribution >= 0.6 is 11.6 Å². The van der Waals surface area contributed by atoms with Crippen molar-refractivity contribution in [3.63, 3.8) is 0 Å². The number of carbonyl (C=O) groups excluding carboxylic acids is 1. The highest BCUT2D eigenvalue weighted by molar-refractivity contribution is 7.92. The van der Waals surface area contributed by atoms with E-state index in [-0.39, 0.29) is 27.9 Å². The molecule has 35 heavy (non-hydrogen) atoms. The Balaban J connectivity index is 1.55. The molecule has 9 heteroatoms. The summed E-state index contributed by atoms with van der Waals surface area (Å²) in [5.41, 5.74) is 1.72. The molecule has 4 rings (SSSR count). The quantitative estimate of drug-likeness (QED) is 0.464. The Bertz CT molecular complexity index is 1290. The zero-order valence-electron chi connectivity index (χ0n) is 19.7. The highest BCUT2D eigenvalue weighted by Gasteiger charge is 2.28. The molecule has 184 valence electrons. The largest absolute Gasteiger partial charge is 0.495 e. The number of para-hydroxylation sites is 3. The number of ether oxygens (including phenoxy) is 1. The third kappa shape index (κ3) is 5.09. The number of amides is 1. The lowest BCUT2D eigenvalue weighted by Crippen LogP contribution is -2.49. The number of anilines is 2. The monoisotopic (exact) mass is 513 g/mol. The molecule has 1 fully saturated rings. The van der Waals surface area contributed by atoms with Gasteiger partial charge >= 0.3 is 0 Å². The molecule has 0 aromatic heterocycles. The van der Waals surface area contributed by atoms with Crippen LogP contribution in [0.4, 0.5) is 11.4 Å². The molecule has 3 aromatic rings. The van der Waals surface area contributed by atoms with E-state index < -0.39 is 10.0 Å². The lowest BCUT2D eigenvalue weighted by molar-refractivity contribution is 0.0746. The van der Waals surface area contributed by atoms with Crippen LogP contribution in [-0.4, -0.2) is 59.1 Å². The molecular weight excluding hydrogens is 486 g/mol. The van der Waals surface area contributed by atoms with Crippen LogP contribution in [0.25, 0.3) is 0 Å². The van der Waals surface area contributed by atoms with E-state index in [0.717, 1.165) is 11.4 Å². The van der Waals surface area contributed by atoms with Gasteiger partial charge in [-0.25, -0.2) is 8.42 Å². The van der Waals surface area contributed by atoms with Gasteiger partial charge in [-0.05, 0) is 49.4 Å². The zero-order valence-corrected chi connectivity index (χ0v) is 21.3. The smallest absolute Gasteiger partial charge is 0.264 e. The van der Waals surface area contributed by atoms with Gasteiger partial charge in [0.1, 0.15) is 5.75 Å². The number of halogens is 1. The summed E-state index contributed by atoms with van der Waals surface area (Å²) in [6.07, 6.45) is 0. The van der Waals surface area contributed by atoms with E-state index in [2.05, 4.69) is 4.90 Å². The molecule has 1 saturated heterocycles. The Kier molecular flexibility index (Phi) is 7.52. The third-order valence-corrected chi connectivity index (χ3v) is 8.31. The Hall–Kier alpha value is -3.23. The molecule has 1 heterocycles. The highest BCUT2D eigenvalue weighted by Crippen LogP contribution is 2.30. The molecule has 0 bridgehead atoms. The Morgan fingerprint density at radius 1 is 0.971 bits per heavy atom. The van der Waals surface area contributed by atoms with E-state index >= 15 is 0 Å². The molecular formula is C26H28ClN3O4S. The van der Waals surface area contributed by atoms with E-state index in [9.17, 15) is 13.2 Å². The fourth-order valence-corrected chi connectivity index (χ4v) is 5.95. The van der Waals surface area contributed by atoms with Crippen molar-refractivity contribution in [1.29, 1.82) is 0 Å². The summed E-state index contributed by atoms with van der Waals surface area (Å²) < 4.78 is 33.6. The highest BCUT2D eigenvalue weighted by atomic mass is 35.5. The maximum absolute atomic E-state index is 13.4. The zero-order chi connectivity index (χ0) is 25.0. The van der Waals surface area contributed by atoms with Crippen molar-refractivity contribution in [2.24, 2.45) is 0 Å². The summed E-state index contributed by atoms with van der Waals surface area (Å²) in [6, 6.07) is 21.0. The fourth-order valence-electron chi connectivity index (χ4n) is 4.25. The number of nitrogens with zero attached hydrogens (tertiary/aromatic N) is 3. The van der Waals surface area contributed by atoms with Crippen molar-refractivity contribution in [1.82, 2.24) is 4.90 Å². The maximum atomic E-state index is 13.4. The van der Waals surface area contributed by atoms with Gasteiger partial charge in [0.15, 0.2) is 0 Å². The lowest BCUT2D eigenvalue weighted by atomic mass is 10.1. The van der Waals surface area contributed by atoms with Gasteiger partial charge < -0.3 is 14.5 Å². The molecule has 0 atom stereocenters. The van der Waals surface area contributed by atoms with Crippen molar-refractivity contribution in [2.75, 3.05) is 49.0 Å². The predicted octanol–water partition coefficient (Wildman–Crippen LogP) is 4.53. The number of sulfonamides is 1. The first-order valence-corrected chi connectivity index (χ1v) is 13.2. The van der Waals surface area contributed by atoms with Crippen LogP contribution < -0.4 is 13.9 Å². The number of benzene rings is 3. The molecule has 0 aliphatic carbocycles. The third-order valence-electron chi connectivity index (χ3n) is 6.08. The van der Waals surface area contributed by atoms with Crippen LogP contribution in [0.15, 0.2) is 77.7 Å². The van der Waals surface area contributed by atoms with Crippen LogP contribution in [0.5, 0.6) is 5.75 Å². The van der Waals surface area contributed by atoms with Crippen molar-refractivity contribution in [3.05, 3.63) is 83.4 Å². The normalized spacial score (nSPS) is 14.0. The Labute approximate surface area is 211 Å². The van der Waals surface area contributed by atoms with E-state index in [1.54, 1.807) is 43.2 Å². The number of methoxy groups -OCH3 is 1. The van der Waals surface area contributed by atoms with Gasteiger partial charge in [0, 0.05) is 32.7 Å². The van der Waals surface area contributed by atoms with E-state index in [4.69, 9.17) is 16.3 Å². The Morgan fingerprint density at radius 3 is 2.29 bits per heavy atom. The predicted molar refractivity (Wildman–Crippen MR) is 139 cm³/mol. The molecule has 0 radical (unpaired) electrons. The van der Waals surface area contributed by atoms with E-state index in [0.29, 0.717) is 31.9 Å². The second-order valence-corrected chi connectivity index (χ2v) is 10.4. The fraction of sp³-hybridized carbons (Fsp3) is 0.269. The van der Waals surface area contributed by atoms with Crippen LogP contribution in [0.3, 0.4) is 0 Å². The van der Waals surface area contributed by atoms with E-state index in [1.807, 2.05) is 30.3 Å². The minimum atomic E-state index is -3.88. The topological polar surface area (TPSA) is 70.2 Å². The standard InChI is InChI=1S/C26H28ClN3O4S/c1-3-30(20-9-5-4-6-10-20)35(32,33)21-13-14-23(27)22(19-21)26(31)29-17-15-28(16-18-29)24-11-7-8-12-25(24)34-2/h4-14,19H,3,15-18H2,1-2H3. The number of carbonyl (C=O) groups is 1. The second kappa shape index (κ2) is 10.6. The first kappa shape index (κ1) is 24.9. The molecule has 0 N–H and O–H groups in total. The minimum absolute atomic E-state index is 0.0311. The molecule has 1 amide bonds. The van der Waals surface area contributed by atoms with E-state index in [1.165, 1.54) is 22.5 Å². The average Bonchev–Trinajstić information content (AvgIpc) is 2.89. The summed E-state index contributed by atoms with van der Waals surface area (Å²) in [7, 11) is -2.24. The molecule has 7 nitrogen and oxygen atoms in total. The SMILES string of the molecule is CCN(c1ccccc1)S(=O)(=O)c1ccc(Cl)c(C(=O)N2CCN(c3ccccc3OC)CC2)c1. The van der Waals surface area contributed by atoms with Crippen molar-refractivity contribution in [3.8, 4) is 5.75 Å². The number of hydrogen-bond acceptors (Lipinski definition) is 5. The van der Waals surface area contributed by atoms with Crippen molar-refractivity contribution in [2.45, 2.75) is 11.8 Å². The van der Waals surface area contributed by atoms with Gasteiger partial charge in [-0.15, -0.1) is 0 Å². The van der Waals surface area contributed by atoms with Gasteiger partial charge in [0.25, 0.3) is 15.9 Å². The first-order chi connectivity index (χ1) is 16.9.